The third kappa shape index (κ3) is 11.6. The lowest BCUT2D eigenvalue weighted by molar-refractivity contribution is -0.147. The number of methoxy groups -OCH3 is 2. The van der Waals surface area contributed by atoms with Crippen molar-refractivity contribution in [2.45, 2.75) is 6.42 Å². The second-order valence-corrected chi connectivity index (χ2v) is 3.76. The van der Waals surface area contributed by atoms with Crippen LogP contribution in [0.5, 0.6) is 0 Å². The van der Waals surface area contributed by atoms with Gasteiger partial charge in [0.1, 0.15) is 13.2 Å². The molecule has 0 heterocycles. The van der Waals surface area contributed by atoms with Crippen molar-refractivity contribution in [3.63, 3.8) is 0 Å². The van der Waals surface area contributed by atoms with Crippen molar-refractivity contribution in [3.05, 3.63) is 0 Å². The molecule has 0 aliphatic heterocycles. The van der Waals surface area contributed by atoms with Crippen LogP contribution in [0, 0.1) is 0 Å². The van der Waals surface area contributed by atoms with Gasteiger partial charge < -0.3 is 18.9 Å². The highest BCUT2D eigenvalue weighted by Crippen LogP contribution is 1.95. The van der Waals surface area contributed by atoms with Crippen LogP contribution in [-0.4, -0.2) is 77.6 Å². The Bertz CT molecular complexity index is 228. The van der Waals surface area contributed by atoms with Crippen molar-refractivity contribution in [1.29, 1.82) is 0 Å². The molecule has 0 aromatic carbocycles. The Morgan fingerprint density at radius 2 is 1.63 bits per heavy atom. The van der Waals surface area contributed by atoms with Crippen LogP contribution < -0.4 is 0 Å². The van der Waals surface area contributed by atoms with Crippen LogP contribution in [0.1, 0.15) is 6.42 Å². The molecule has 0 saturated heterocycles. The average molecular weight is 277 g/mol. The summed E-state index contributed by atoms with van der Waals surface area (Å²) in [6, 6.07) is 0. The van der Waals surface area contributed by atoms with Crippen LogP contribution in [0.4, 0.5) is 0 Å². The fraction of sp³-hybridized carbons (Fsp3) is 0.833. The number of esters is 1. The molecule has 7 heteroatoms. The maximum Gasteiger partial charge on any atom is 0.307 e. The molecule has 0 fully saturated rings. The molecule has 112 valence electrons. The Morgan fingerprint density at radius 1 is 1.00 bits per heavy atom. The smallest absolute Gasteiger partial charge is 0.307 e. The van der Waals surface area contributed by atoms with Crippen LogP contribution in [0.25, 0.3) is 0 Å². The van der Waals surface area contributed by atoms with E-state index in [1.807, 2.05) is 0 Å². The lowest BCUT2D eigenvalue weighted by Crippen LogP contribution is -2.33. The van der Waals surface area contributed by atoms with Gasteiger partial charge in [0.05, 0.1) is 19.6 Å². The van der Waals surface area contributed by atoms with Crippen LogP contribution in [0.3, 0.4) is 0 Å². The second kappa shape index (κ2) is 13.3. The minimum Gasteiger partial charge on any atom is -0.464 e. The third-order valence-corrected chi connectivity index (χ3v) is 2.39. The molecule has 0 amide bonds. The molecule has 0 unspecified atom stereocenters. The number of nitrogens with zero attached hydrogens (tertiary/aromatic N) is 1. The minimum absolute atomic E-state index is 0.0896. The zero-order valence-electron chi connectivity index (χ0n) is 11.6. The van der Waals surface area contributed by atoms with E-state index < -0.39 is 0 Å². The summed E-state index contributed by atoms with van der Waals surface area (Å²) in [5, 5.41) is 0. The summed E-state index contributed by atoms with van der Waals surface area (Å²) < 4.78 is 19.3. The van der Waals surface area contributed by atoms with Crippen molar-refractivity contribution in [2.24, 2.45) is 0 Å². The van der Waals surface area contributed by atoms with E-state index in [1.165, 1.54) is 0 Å². The molecule has 0 spiro atoms. The number of carbonyl (C=O) groups excluding carboxylic acids is 2. The summed E-state index contributed by atoms with van der Waals surface area (Å²) in [5.41, 5.74) is 0. The first-order chi connectivity index (χ1) is 9.24. The van der Waals surface area contributed by atoms with Crippen LogP contribution in [0.15, 0.2) is 0 Å². The maximum atomic E-state index is 11.4. The van der Waals surface area contributed by atoms with E-state index in [0.29, 0.717) is 26.2 Å². The molecule has 0 aliphatic carbocycles. The van der Waals surface area contributed by atoms with Crippen molar-refractivity contribution >= 4 is 12.4 Å². The number of hydrogen-bond acceptors (Lipinski definition) is 7. The van der Waals surface area contributed by atoms with Crippen molar-refractivity contribution in [3.8, 4) is 0 Å². The summed E-state index contributed by atoms with van der Waals surface area (Å²) in [6.45, 7) is 3.77. The third-order valence-electron chi connectivity index (χ3n) is 2.39. The van der Waals surface area contributed by atoms with Gasteiger partial charge in [0, 0.05) is 33.9 Å². The van der Waals surface area contributed by atoms with E-state index >= 15 is 0 Å². The van der Waals surface area contributed by atoms with E-state index in [4.69, 9.17) is 14.2 Å². The Kier molecular flexibility index (Phi) is 12.4. The zero-order chi connectivity index (χ0) is 14.3. The number of rotatable bonds is 13. The zero-order valence-corrected chi connectivity index (χ0v) is 11.6. The number of ether oxygens (including phenoxy) is 4. The highest BCUT2D eigenvalue weighted by Gasteiger charge is 2.09. The topological polar surface area (TPSA) is 74.3 Å². The highest BCUT2D eigenvalue weighted by atomic mass is 16.6. The van der Waals surface area contributed by atoms with Crippen molar-refractivity contribution < 1.29 is 28.5 Å². The Morgan fingerprint density at radius 3 is 2.16 bits per heavy atom. The van der Waals surface area contributed by atoms with E-state index in [0.717, 1.165) is 13.1 Å². The summed E-state index contributed by atoms with van der Waals surface area (Å²) in [6.07, 6.45) is 0.286. The SMILES string of the molecule is COCCN(CCOC)CCC(=O)OCCOC=O. The molecule has 0 bridgehead atoms. The Balaban J connectivity index is 3.74. The molecule has 0 aliphatic rings. The quantitative estimate of drug-likeness (QED) is 0.260. The van der Waals surface area contributed by atoms with Crippen molar-refractivity contribution in [2.75, 3.05) is 60.3 Å². The summed E-state index contributed by atoms with van der Waals surface area (Å²) >= 11 is 0. The molecule has 19 heavy (non-hydrogen) atoms. The first-order valence-corrected chi connectivity index (χ1v) is 6.15. The average Bonchev–Trinajstić information content (AvgIpc) is 2.42. The van der Waals surface area contributed by atoms with Crippen LogP contribution in [-0.2, 0) is 28.5 Å². The van der Waals surface area contributed by atoms with E-state index in [-0.39, 0.29) is 25.6 Å². The predicted molar refractivity (Wildman–Crippen MR) is 67.8 cm³/mol. The molecule has 7 nitrogen and oxygen atoms in total. The van der Waals surface area contributed by atoms with Gasteiger partial charge in [-0.1, -0.05) is 0 Å². The molecule has 0 aromatic heterocycles. The lowest BCUT2D eigenvalue weighted by Gasteiger charge is -2.20. The molecule has 0 N–H and O–H groups in total. The van der Waals surface area contributed by atoms with E-state index in [1.54, 1.807) is 14.2 Å². The lowest BCUT2D eigenvalue weighted by atomic mass is 10.3. The van der Waals surface area contributed by atoms with Gasteiger partial charge in [0.2, 0.25) is 0 Å². The molecule has 0 atom stereocenters. The van der Waals surface area contributed by atoms with Gasteiger partial charge in [-0.15, -0.1) is 0 Å². The molecule has 0 rings (SSSR count). The molecular formula is C12H23NO6. The Labute approximate surface area is 113 Å². The summed E-state index contributed by atoms with van der Waals surface area (Å²) in [7, 11) is 3.27. The second-order valence-electron chi connectivity index (χ2n) is 3.76. The largest absolute Gasteiger partial charge is 0.464 e. The summed E-state index contributed by atoms with van der Waals surface area (Å²) in [5.74, 6) is -0.311. The fourth-order valence-corrected chi connectivity index (χ4v) is 1.35. The number of carbonyl (C=O) groups is 2. The maximum absolute atomic E-state index is 11.4. The monoisotopic (exact) mass is 277 g/mol. The first kappa shape index (κ1) is 17.8. The van der Waals surface area contributed by atoms with Gasteiger partial charge in [-0.25, -0.2) is 0 Å². The van der Waals surface area contributed by atoms with Gasteiger partial charge in [-0.3, -0.25) is 14.5 Å². The van der Waals surface area contributed by atoms with Crippen molar-refractivity contribution in [1.82, 2.24) is 4.90 Å². The molecular weight excluding hydrogens is 254 g/mol. The van der Waals surface area contributed by atoms with Crippen LogP contribution in [0.2, 0.25) is 0 Å². The highest BCUT2D eigenvalue weighted by molar-refractivity contribution is 5.69. The van der Waals surface area contributed by atoms with Crippen LogP contribution >= 0.6 is 0 Å². The predicted octanol–water partition coefficient (Wildman–Crippen LogP) is -0.312. The minimum atomic E-state index is -0.311. The van der Waals surface area contributed by atoms with Gasteiger partial charge in [0.15, 0.2) is 0 Å². The summed E-state index contributed by atoms with van der Waals surface area (Å²) in [4.78, 5) is 23.3. The first-order valence-electron chi connectivity index (χ1n) is 6.15. The van der Waals surface area contributed by atoms with Gasteiger partial charge in [-0.2, -0.15) is 0 Å². The normalized spacial score (nSPS) is 10.5. The van der Waals surface area contributed by atoms with Gasteiger partial charge in [0.25, 0.3) is 6.47 Å². The van der Waals surface area contributed by atoms with E-state index in [9.17, 15) is 9.59 Å². The number of hydrogen-bond donors (Lipinski definition) is 0. The van der Waals surface area contributed by atoms with Gasteiger partial charge in [-0.05, 0) is 0 Å². The molecule has 0 saturated carbocycles. The van der Waals surface area contributed by atoms with E-state index in [2.05, 4.69) is 9.64 Å². The molecule has 0 aromatic rings. The fourth-order valence-electron chi connectivity index (χ4n) is 1.35. The van der Waals surface area contributed by atoms with Gasteiger partial charge >= 0.3 is 5.97 Å². The molecule has 0 radical (unpaired) electrons. The Hall–Kier alpha value is -1.18. The standard InChI is InChI=1S/C12H23NO6/c1-16-7-5-13(6-8-17-2)4-3-12(15)19-10-9-18-11-14/h11H,3-10H2,1-2H3.